The zero-order valence-electron chi connectivity index (χ0n) is 21.9. The van der Waals surface area contributed by atoms with Crippen molar-refractivity contribution in [3.8, 4) is 5.69 Å². The van der Waals surface area contributed by atoms with Gasteiger partial charge in [-0.3, -0.25) is 19.0 Å². The fraction of sp³-hybridized carbons (Fsp3) is 0.357. The van der Waals surface area contributed by atoms with Crippen LogP contribution in [0.5, 0.6) is 0 Å². The van der Waals surface area contributed by atoms with Gasteiger partial charge in [-0.1, -0.05) is 29.8 Å². The van der Waals surface area contributed by atoms with Crippen LogP contribution in [0.4, 0.5) is 13.2 Å². The number of aromatic nitrogens is 2. The molecule has 1 aliphatic rings. The zero-order valence-corrected chi connectivity index (χ0v) is 23.5. The van der Waals surface area contributed by atoms with Crippen LogP contribution in [0.2, 0.25) is 0 Å². The second-order valence-electron chi connectivity index (χ2n) is 10.00. The van der Waals surface area contributed by atoms with E-state index in [1.54, 1.807) is 35.8 Å². The average Bonchev–Trinajstić information content (AvgIpc) is 2.87. The van der Waals surface area contributed by atoms with Gasteiger partial charge in [-0.2, -0.15) is 13.2 Å². The van der Waals surface area contributed by atoms with Crippen molar-refractivity contribution in [2.75, 3.05) is 7.05 Å². The molecular weight excluding hydrogens is 577 g/mol. The van der Waals surface area contributed by atoms with Gasteiger partial charge in [0.25, 0.3) is 17.4 Å². The number of nitrogens with one attached hydrogen (secondary N) is 1. The van der Waals surface area contributed by atoms with Gasteiger partial charge in [0.05, 0.1) is 23.5 Å². The van der Waals surface area contributed by atoms with Crippen LogP contribution in [0, 0.1) is 5.92 Å². The first kappa shape index (κ1) is 28.5. The van der Waals surface area contributed by atoms with Crippen LogP contribution < -0.4 is 10.9 Å². The molecule has 0 bridgehead atoms. The molecule has 1 aliphatic heterocycles. The van der Waals surface area contributed by atoms with Crippen molar-refractivity contribution in [2.24, 2.45) is 5.92 Å². The summed E-state index contributed by atoms with van der Waals surface area (Å²) in [6.45, 7) is 5.75. The molecule has 0 spiro atoms. The van der Waals surface area contributed by atoms with Crippen LogP contribution in [0.25, 0.3) is 5.69 Å². The first-order valence-corrected chi connectivity index (χ1v) is 13.2. The molecule has 0 unspecified atom stereocenters. The molecule has 0 radical (unpaired) electrons. The number of nitrogens with zero attached hydrogens (tertiary/aromatic N) is 3. The molecule has 0 aliphatic carbocycles. The van der Waals surface area contributed by atoms with E-state index in [0.717, 1.165) is 6.07 Å². The topological polar surface area (TPSA) is 84.3 Å². The number of benzene rings is 2. The van der Waals surface area contributed by atoms with Crippen molar-refractivity contribution < 1.29 is 22.8 Å². The Hall–Kier alpha value is -3.47. The highest BCUT2D eigenvalue weighted by molar-refractivity contribution is 9.10. The minimum Gasteiger partial charge on any atom is -0.355 e. The van der Waals surface area contributed by atoms with Gasteiger partial charge in [-0.15, -0.1) is 0 Å². The summed E-state index contributed by atoms with van der Waals surface area (Å²) in [5.41, 5.74) is 0.642. The first-order valence-electron chi connectivity index (χ1n) is 12.5. The third-order valence-electron chi connectivity index (χ3n) is 6.67. The predicted octanol–water partition coefficient (Wildman–Crippen LogP) is 5.16. The summed E-state index contributed by atoms with van der Waals surface area (Å²) < 4.78 is 41.7. The maximum Gasteiger partial charge on any atom is 0.417 e. The number of hydrogen-bond acceptors (Lipinski definition) is 4. The normalized spacial score (nSPS) is 15.3. The largest absolute Gasteiger partial charge is 0.417 e. The average molecular weight is 605 g/mol. The standard InChI is InChI=1S/C28H28BrF3N4O3/c1-15(2)11-24-34-23-14-35(26(38)18-7-10-22(29)21(13-18)28(30,31)32)16(3)12-20(23)27(39)36(24)19-8-5-17(6-9-19)25(37)33-4/h5-10,13,15-16H,11-12,14H2,1-4H3,(H,33,37)/t16-/m1/s1. The van der Waals surface area contributed by atoms with Crippen molar-refractivity contribution in [3.05, 3.63) is 91.1 Å². The Labute approximate surface area is 232 Å². The first-order chi connectivity index (χ1) is 18.3. The van der Waals surface area contributed by atoms with Crippen molar-refractivity contribution in [1.29, 1.82) is 0 Å². The lowest BCUT2D eigenvalue weighted by atomic mass is 9.97. The second kappa shape index (κ2) is 11.0. The Morgan fingerprint density at radius 1 is 1.13 bits per heavy atom. The van der Waals surface area contributed by atoms with E-state index in [2.05, 4.69) is 21.2 Å². The number of carbonyl (C=O) groups is 2. The molecule has 2 amide bonds. The Morgan fingerprint density at radius 2 is 1.77 bits per heavy atom. The van der Waals surface area contributed by atoms with Gasteiger partial charge >= 0.3 is 6.18 Å². The molecule has 2 aromatic carbocycles. The molecule has 1 atom stereocenters. The molecule has 1 N–H and O–H groups in total. The van der Waals surface area contributed by atoms with Crippen LogP contribution in [0.3, 0.4) is 0 Å². The number of fused-ring (bicyclic) bond motifs is 1. The Morgan fingerprint density at radius 3 is 2.36 bits per heavy atom. The molecular formula is C28H28BrF3N4O3. The molecule has 11 heteroatoms. The molecule has 0 fully saturated rings. The number of amides is 2. The third kappa shape index (κ3) is 5.78. The highest BCUT2D eigenvalue weighted by Gasteiger charge is 2.36. The monoisotopic (exact) mass is 604 g/mol. The van der Waals surface area contributed by atoms with E-state index in [9.17, 15) is 27.6 Å². The van der Waals surface area contributed by atoms with Gasteiger partial charge in [0.2, 0.25) is 0 Å². The molecule has 4 rings (SSSR count). The number of rotatable bonds is 5. The summed E-state index contributed by atoms with van der Waals surface area (Å²) >= 11 is 2.91. The van der Waals surface area contributed by atoms with E-state index in [0.29, 0.717) is 34.8 Å². The lowest BCUT2D eigenvalue weighted by Crippen LogP contribution is -2.46. The molecule has 39 heavy (non-hydrogen) atoms. The van der Waals surface area contributed by atoms with Crippen LogP contribution >= 0.6 is 15.9 Å². The molecule has 0 saturated heterocycles. The van der Waals surface area contributed by atoms with Crippen molar-refractivity contribution in [2.45, 2.75) is 52.4 Å². The van der Waals surface area contributed by atoms with Gasteiger partial charge in [-0.05, 0) is 61.7 Å². The van der Waals surface area contributed by atoms with Crippen LogP contribution in [-0.4, -0.2) is 39.4 Å². The number of alkyl halides is 3. The highest BCUT2D eigenvalue weighted by atomic mass is 79.9. The van der Waals surface area contributed by atoms with Crippen LogP contribution in [0.15, 0.2) is 51.7 Å². The fourth-order valence-corrected chi connectivity index (χ4v) is 5.17. The van der Waals surface area contributed by atoms with Gasteiger partial charge in [0, 0.05) is 40.7 Å². The molecule has 1 aromatic heterocycles. The summed E-state index contributed by atoms with van der Waals surface area (Å²) in [6.07, 6.45) is -3.94. The van der Waals surface area contributed by atoms with Gasteiger partial charge in [0.1, 0.15) is 5.82 Å². The Kier molecular flexibility index (Phi) is 8.02. The maximum absolute atomic E-state index is 13.8. The predicted molar refractivity (Wildman–Crippen MR) is 144 cm³/mol. The Balaban J connectivity index is 1.75. The minimum absolute atomic E-state index is 0.00350. The molecule has 0 saturated carbocycles. The third-order valence-corrected chi connectivity index (χ3v) is 7.36. The SMILES string of the molecule is CNC(=O)c1ccc(-n2c(CC(C)C)nc3c(c2=O)C[C@@H](C)N(C(=O)c2ccc(Br)c(C(F)(F)F)c2)C3)cc1. The zero-order chi connectivity index (χ0) is 28.6. The summed E-state index contributed by atoms with van der Waals surface area (Å²) in [5.74, 6) is -0.138. The smallest absolute Gasteiger partial charge is 0.355 e. The van der Waals surface area contributed by atoms with Crippen LogP contribution in [0.1, 0.15) is 64.1 Å². The fourth-order valence-electron chi connectivity index (χ4n) is 4.70. The number of halogens is 4. The van der Waals surface area contributed by atoms with E-state index in [1.165, 1.54) is 24.1 Å². The summed E-state index contributed by atoms with van der Waals surface area (Å²) in [7, 11) is 1.54. The Bertz CT molecular complexity index is 1480. The van der Waals surface area contributed by atoms with Gasteiger partial charge < -0.3 is 10.2 Å². The number of hydrogen-bond donors (Lipinski definition) is 1. The number of carbonyl (C=O) groups excluding carboxylic acids is 2. The summed E-state index contributed by atoms with van der Waals surface area (Å²) in [5, 5.41) is 2.56. The summed E-state index contributed by atoms with van der Waals surface area (Å²) in [6, 6.07) is 9.61. The van der Waals surface area contributed by atoms with E-state index in [4.69, 9.17) is 4.98 Å². The lowest BCUT2D eigenvalue weighted by molar-refractivity contribution is -0.138. The highest BCUT2D eigenvalue weighted by Crippen LogP contribution is 2.36. The molecule has 3 aromatic rings. The van der Waals surface area contributed by atoms with Crippen molar-refractivity contribution >= 4 is 27.7 Å². The van der Waals surface area contributed by atoms with Gasteiger partial charge in [-0.25, -0.2) is 4.98 Å². The van der Waals surface area contributed by atoms with Crippen molar-refractivity contribution in [1.82, 2.24) is 19.8 Å². The van der Waals surface area contributed by atoms with Crippen LogP contribution in [-0.2, 0) is 25.6 Å². The minimum atomic E-state index is -4.62. The van der Waals surface area contributed by atoms with E-state index in [-0.39, 0.29) is 40.4 Å². The van der Waals surface area contributed by atoms with Gasteiger partial charge in [0.15, 0.2) is 0 Å². The van der Waals surface area contributed by atoms with E-state index in [1.807, 2.05) is 13.8 Å². The second-order valence-corrected chi connectivity index (χ2v) is 10.9. The van der Waals surface area contributed by atoms with E-state index >= 15 is 0 Å². The molecule has 2 heterocycles. The molecule has 7 nitrogen and oxygen atoms in total. The molecule has 206 valence electrons. The quantitative estimate of drug-likeness (QED) is 0.436. The lowest BCUT2D eigenvalue weighted by Gasteiger charge is -2.35. The summed E-state index contributed by atoms with van der Waals surface area (Å²) in [4.78, 5) is 45.4. The maximum atomic E-state index is 13.8. The van der Waals surface area contributed by atoms with Crippen molar-refractivity contribution in [3.63, 3.8) is 0 Å². The van der Waals surface area contributed by atoms with E-state index < -0.39 is 23.7 Å².